The van der Waals surface area contributed by atoms with Crippen molar-refractivity contribution in [1.82, 2.24) is 9.97 Å². The molecule has 130 valence electrons. The van der Waals surface area contributed by atoms with Gasteiger partial charge in [-0.05, 0) is 29.8 Å². The van der Waals surface area contributed by atoms with Crippen molar-refractivity contribution in [1.29, 1.82) is 5.26 Å². The molecule has 5 nitrogen and oxygen atoms in total. The Morgan fingerprint density at radius 3 is 2.50 bits per heavy atom. The molecule has 2 N–H and O–H groups in total. The van der Waals surface area contributed by atoms with E-state index in [1.165, 1.54) is 11.8 Å². The van der Waals surface area contributed by atoms with Gasteiger partial charge in [-0.1, -0.05) is 53.7 Å². The lowest BCUT2D eigenvalue weighted by Crippen LogP contribution is -2.08. The largest absolute Gasteiger partial charge is 0.487 e. The third-order valence-electron chi connectivity index (χ3n) is 3.50. The Morgan fingerprint density at radius 2 is 1.81 bits per heavy atom. The molecule has 7 heteroatoms. The second-order valence-corrected chi connectivity index (χ2v) is 6.72. The molecule has 0 bridgehead atoms. The van der Waals surface area contributed by atoms with Crippen LogP contribution in [0.3, 0.4) is 0 Å². The van der Waals surface area contributed by atoms with Crippen LogP contribution in [0.25, 0.3) is 0 Å². The molecular formula is C19H15ClN4OS. The molecule has 0 aliphatic carbocycles. The lowest BCUT2D eigenvalue weighted by atomic mass is 10.2. The van der Waals surface area contributed by atoms with Crippen LogP contribution in [0.1, 0.15) is 16.8 Å². The Kier molecular flexibility index (Phi) is 5.95. The van der Waals surface area contributed by atoms with Gasteiger partial charge >= 0.3 is 0 Å². The highest BCUT2D eigenvalue weighted by atomic mass is 35.5. The van der Waals surface area contributed by atoms with Crippen LogP contribution in [0.15, 0.2) is 59.8 Å². The zero-order valence-corrected chi connectivity index (χ0v) is 15.3. The predicted molar refractivity (Wildman–Crippen MR) is 103 cm³/mol. The van der Waals surface area contributed by atoms with Gasteiger partial charge < -0.3 is 10.5 Å². The summed E-state index contributed by atoms with van der Waals surface area (Å²) in [5.41, 5.74) is 7.74. The van der Waals surface area contributed by atoms with Crippen LogP contribution in [0, 0.1) is 11.3 Å². The molecule has 2 aromatic carbocycles. The average molecular weight is 383 g/mol. The summed E-state index contributed by atoms with van der Waals surface area (Å²) in [5.74, 6) is 1.53. The summed E-state index contributed by atoms with van der Waals surface area (Å²) in [4.78, 5) is 8.67. The fourth-order valence-corrected chi connectivity index (χ4v) is 3.14. The Hall–Kier alpha value is -2.75. The molecule has 1 aromatic heterocycles. The number of nitrogen functional groups attached to an aromatic ring is 1. The monoisotopic (exact) mass is 382 g/mol. The smallest absolute Gasteiger partial charge is 0.190 e. The van der Waals surface area contributed by atoms with Crippen LogP contribution >= 0.6 is 23.4 Å². The summed E-state index contributed by atoms with van der Waals surface area (Å²) in [6.45, 7) is 0.147. The number of hydrogen-bond donors (Lipinski definition) is 1. The standard InChI is InChI=1S/C19H15ClN4OS/c20-14-8-6-13(7-9-14)12-26-19-23-17(16(10-21)18(22)24-19)11-25-15-4-2-1-3-5-15/h1-9H,11-12H2,(H2,22,23,24). The van der Waals surface area contributed by atoms with E-state index in [2.05, 4.69) is 16.0 Å². The van der Waals surface area contributed by atoms with E-state index in [4.69, 9.17) is 22.1 Å². The number of hydrogen-bond acceptors (Lipinski definition) is 6. The van der Waals surface area contributed by atoms with Crippen LogP contribution in [0.4, 0.5) is 5.82 Å². The molecule has 0 unspecified atom stereocenters. The molecular weight excluding hydrogens is 368 g/mol. The van der Waals surface area contributed by atoms with Crippen LogP contribution in [-0.2, 0) is 12.4 Å². The fourth-order valence-electron chi connectivity index (χ4n) is 2.19. The summed E-state index contributed by atoms with van der Waals surface area (Å²) in [6, 6.07) is 19.0. The summed E-state index contributed by atoms with van der Waals surface area (Å²) >= 11 is 7.33. The number of nitrogens with two attached hydrogens (primary N) is 1. The van der Waals surface area contributed by atoms with Gasteiger partial charge in [0.25, 0.3) is 0 Å². The third kappa shape index (κ3) is 4.66. The first-order chi connectivity index (χ1) is 12.7. The lowest BCUT2D eigenvalue weighted by molar-refractivity contribution is 0.299. The maximum absolute atomic E-state index is 9.34. The van der Waals surface area contributed by atoms with Gasteiger partial charge in [0.2, 0.25) is 0 Å². The normalized spacial score (nSPS) is 10.3. The van der Waals surface area contributed by atoms with Crippen LogP contribution in [0.2, 0.25) is 5.02 Å². The number of ether oxygens (including phenoxy) is 1. The molecule has 3 aromatic rings. The zero-order chi connectivity index (χ0) is 18.4. The quantitative estimate of drug-likeness (QED) is 0.500. The molecule has 0 saturated carbocycles. The van der Waals surface area contributed by atoms with E-state index < -0.39 is 0 Å². The Morgan fingerprint density at radius 1 is 1.08 bits per heavy atom. The SMILES string of the molecule is N#Cc1c(N)nc(SCc2ccc(Cl)cc2)nc1COc1ccccc1. The van der Waals surface area contributed by atoms with E-state index in [0.29, 0.717) is 27.4 Å². The van der Waals surface area contributed by atoms with Crippen molar-refractivity contribution in [2.24, 2.45) is 0 Å². The second-order valence-electron chi connectivity index (χ2n) is 5.34. The van der Waals surface area contributed by atoms with Gasteiger partial charge in [-0.3, -0.25) is 0 Å². The molecule has 0 fully saturated rings. The van der Waals surface area contributed by atoms with Crippen LogP contribution < -0.4 is 10.5 Å². The number of para-hydroxylation sites is 1. The summed E-state index contributed by atoms with van der Waals surface area (Å²) in [7, 11) is 0. The molecule has 3 rings (SSSR count). The maximum Gasteiger partial charge on any atom is 0.190 e. The Bertz CT molecular complexity index is 927. The first-order valence-electron chi connectivity index (χ1n) is 7.77. The number of nitrogens with zero attached hydrogens (tertiary/aromatic N) is 3. The first kappa shape index (κ1) is 18.1. The van der Waals surface area contributed by atoms with Crippen molar-refractivity contribution in [2.45, 2.75) is 17.5 Å². The Labute approximate surface area is 160 Å². The molecule has 0 spiro atoms. The van der Waals surface area contributed by atoms with Gasteiger partial charge in [0.05, 0.1) is 0 Å². The molecule has 0 amide bonds. The van der Waals surface area contributed by atoms with Crippen LogP contribution in [-0.4, -0.2) is 9.97 Å². The average Bonchev–Trinajstić information content (AvgIpc) is 2.66. The van der Waals surface area contributed by atoms with Gasteiger partial charge in [0.1, 0.15) is 35.5 Å². The number of anilines is 1. The molecule has 0 radical (unpaired) electrons. The highest BCUT2D eigenvalue weighted by Crippen LogP contribution is 2.24. The van der Waals surface area contributed by atoms with Gasteiger partial charge in [0.15, 0.2) is 5.16 Å². The van der Waals surface area contributed by atoms with Gasteiger partial charge in [-0.2, -0.15) is 5.26 Å². The highest BCUT2D eigenvalue weighted by molar-refractivity contribution is 7.98. The number of nitriles is 1. The molecule has 0 atom stereocenters. The number of benzene rings is 2. The van der Waals surface area contributed by atoms with Crippen molar-refractivity contribution in [3.63, 3.8) is 0 Å². The summed E-state index contributed by atoms with van der Waals surface area (Å²) in [5, 5.41) is 10.5. The van der Waals surface area contributed by atoms with Crippen molar-refractivity contribution < 1.29 is 4.74 Å². The molecule has 0 aliphatic heterocycles. The predicted octanol–water partition coefficient (Wildman–Crippen LogP) is 4.46. The third-order valence-corrected chi connectivity index (χ3v) is 4.67. The maximum atomic E-state index is 9.34. The number of halogens is 1. The van der Waals surface area contributed by atoms with Crippen molar-refractivity contribution in [2.75, 3.05) is 5.73 Å². The molecule has 0 saturated heterocycles. The fraction of sp³-hybridized carbons (Fsp3) is 0.105. The first-order valence-corrected chi connectivity index (χ1v) is 9.13. The minimum absolute atomic E-state index is 0.147. The second kappa shape index (κ2) is 8.56. The molecule has 0 aliphatic rings. The van der Waals surface area contributed by atoms with E-state index in [0.717, 1.165) is 5.56 Å². The van der Waals surface area contributed by atoms with E-state index in [1.54, 1.807) is 0 Å². The van der Waals surface area contributed by atoms with Crippen LogP contribution in [0.5, 0.6) is 5.75 Å². The number of aromatic nitrogens is 2. The van der Waals surface area contributed by atoms with E-state index >= 15 is 0 Å². The summed E-state index contributed by atoms with van der Waals surface area (Å²) in [6.07, 6.45) is 0. The van der Waals surface area contributed by atoms with E-state index in [9.17, 15) is 5.26 Å². The zero-order valence-electron chi connectivity index (χ0n) is 13.7. The minimum Gasteiger partial charge on any atom is -0.487 e. The highest BCUT2D eigenvalue weighted by Gasteiger charge is 2.13. The number of thioether (sulfide) groups is 1. The molecule has 1 heterocycles. The summed E-state index contributed by atoms with van der Waals surface area (Å²) < 4.78 is 5.70. The number of rotatable bonds is 6. The van der Waals surface area contributed by atoms with Gasteiger partial charge in [0, 0.05) is 10.8 Å². The topological polar surface area (TPSA) is 84.8 Å². The van der Waals surface area contributed by atoms with Gasteiger partial charge in [-0.15, -0.1) is 0 Å². The van der Waals surface area contributed by atoms with Crippen molar-refractivity contribution >= 4 is 29.2 Å². The van der Waals surface area contributed by atoms with Gasteiger partial charge in [-0.25, -0.2) is 9.97 Å². The van der Waals surface area contributed by atoms with E-state index in [1.807, 2.05) is 54.6 Å². The minimum atomic E-state index is 0.147. The van der Waals surface area contributed by atoms with Crippen molar-refractivity contribution in [3.8, 4) is 11.8 Å². The van der Waals surface area contributed by atoms with E-state index in [-0.39, 0.29) is 18.0 Å². The van der Waals surface area contributed by atoms with Crippen molar-refractivity contribution in [3.05, 3.63) is 76.4 Å². The Balaban J connectivity index is 1.75. The lowest BCUT2D eigenvalue weighted by Gasteiger charge is -2.10. The molecule has 26 heavy (non-hydrogen) atoms.